The van der Waals surface area contributed by atoms with Crippen LogP contribution in [0.25, 0.3) is 0 Å². The maximum absolute atomic E-state index is 13.5. The molecule has 0 amide bonds. The van der Waals surface area contributed by atoms with Crippen LogP contribution in [0.15, 0.2) is 12.1 Å². The van der Waals surface area contributed by atoms with Gasteiger partial charge in [-0.25, -0.2) is 4.39 Å². The molecule has 0 fully saturated rings. The Labute approximate surface area is 112 Å². The van der Waals surface area contributed by atoms with Crippen molar-refractivity contribution in [2.75, 3.05) is 0 Å². The topological polar surface area (TPSA) is 49.8 Å². The third kappa shape index (κ3) is 3.73. The van der Waals surface area contributed by atoms with Crippen molar-refractivity contribution < 1.29 is 17.6 Å². The molecule has 0 aliphatic heterocycles. The predicted octanol–water partition coefficient (Wildman–Crippen LogP) is 3.83. The predicted molar refractivity (Wildman–Crippen MR) is 60.8 cm³/mol. The second-order valence-electron chi connectivity index (χ2n) is 3.33. The lowest BCUT2D eigenvalue weighted by Crippen LogP contribution is -2.14. The van der Waals surface area contributed by atoms with Crippen LogP contribution in [0.3, 0.4) is 0 Å². The Bertz CT molecular complexity index is 468. The lowest BCUT2D eigenvalue weighted by atomic mass is 10.0. The van der Waals surface area contributed by atoms with Gasteiger partial charge in [0.15, 0.2) is 0 Å². The Morgan fingerprint density at radius 2 is 1.94 bits per heavy atom. The van der Waals surface area contributed by atoms with Crippen molar-refractivity contribution in [1.29, 1.82) is 5.26 Å². The van der Waals surface area contributed by atoms with Crippen molar-refractivity contribution in [3.8, 4) is 6.07 Å². The molecular formula is C10H8Cl2F4N2. The standard InChI is InChI=1S/C10H7ClF4N2.ClH/c11-7-4-5(10(13,14)15)3-6(9(7)12)8(17)1-2-16;/h3-4,8H,1,17H2;1H/t8-;/m1./s1. The summed E-state index contributed by atoms with van der Waals surface area (Å²) in [5.41, 5.74) is 3.90. The molecule has 0 aromatic heterocycles. The van der Waals surface area contributed by atoms with E-state index in [0.717, 1.165) is 0 Å². The van der Waals surface area contributed by atoms with Crippen molar-refractivity contribution in [1.82, 2.24) is 0 Å². The summed E-state index contributed by atoms with van der Waals surface area (Å²) in [6.07, 6.45) is -4.94. The monoisotopic (exact) mass is 302 g/mol. The molecule has 2 N–H and O–H groups in total. The number of halogens is 6. The van der Waals surface area contributed by atoms with Crippen LogP contribution < -0.4 is 5.73 Å². The van der Waals surface area contributed by atoms with E-state index in [9.17, 15) is 17.6 Å². The number of hydrogen-bond acceptors (Lipinski definition) is 2. The average molecular weight is 303 g/mol. The van der Waals surface area contributed by atoms with Gasteiger partial charge in [-0.2, -0.15) is 18.4 Å². The molecule has 0 unspecified atom stereocenters. The van der Waals surface area contributed by atoms with E-state index < -0.39 is 34.2 Å². The highest BCUT2D eigenvalue weighted by Crippen LogP contribution is 2.35. The average Bonchev–Trinajstić information content (AvgIpc) is 2.20. The third-order valence-electron chi connectivity index (χ3n) is 2.09. The van der Waals surface area contributed by atoms with Crippen LogP contribution in [-0.2, 0) is 6.18 Å². The molecule has 1 aromatic rings. The molecule has 0 aliphatic carbocycles. The Balaban J connectivity index is 0.00000289. The molecule has 2 nitrogen and oxygen atoms in total. The SMILES string of the molecule is Cl.N#CC[C@@H](N)c1cc(C(F)(F)F)cc(Cl)c1F. The van der Waals surface area contributed by atoms with Crippen LogP contribution in [0.1, 0.15) is 23.6 Å². The molecule has 1 rings (SSSR count). The number of rotatable bonds is 2. The van der Waals surface area contributed by atoms with Gasteiger partial charge in [0.25, 0.3) is 0 Å². The Morgan fingerprint density at radius 1 is 1.39 bits per heavy atom. The summed E-state index contributed by atoms with van der Waals surface area (Å²) in [6, 6.07) is 1.57. The molecule has 8 heteroatoms. The van der Waals surface area contributed by atoms with Crippen LogP contribution in [0, 0.1) is 17.1 Å². The number of nitriles is 1. The largest absolute Gasteiger partial charge is 0.416 e. The van der Waals surface area contributed by atoms with E-state index in [0.29, 0.717) is 12.1 Å². The molecule has 1 atom stereocenters. The fourth-order valence-corrected chi connectivity index (χ4v) is 1.48. The van der Waals surface area contributed by atoms with Gasteiger partial charge in [-0.05, 0) is 12.1 Å². The zero-order valence-electron chi connectivity index (χ0n) is 8.76. The van der Waals surface area contributed by atoms with E-state index in [2.05, 4.69) is 0 Å². The highest BCUT2D eigenvalue weighted by atomic mass is 35.5. The first kappa shape index (κ1) is 17.0. The van der Waals surface area contributed by atoms with Crippen LogP contribution in [0.2, 0.25) is 5.02 Å². The van der Waals surface area contributed by atoms with Crippen molar-refractivity contribution in [2.45, 2.75) is 18.6 Å². The smallest absolute Gasteiger partial charge is 0.323 e. The van der Waals surface area contributed by atoms with E-state index >= 15 is 0 Å². The number of nitrogens with zero attached hydrogens (tertiary/aromatic N) is 1. The molecular weight excluding hydrogens is 295 g/mol. The maximum atomic E-state index is 13.5. The van der Waals surface area contributed by atoms with E-state index in [1.807, 2.05) is 0 Å². The minimum atomic E-state index is -4.64. The second kappa shape index (κ2) is 6.23. The van der Waals surface area contributed by atoms with Gasteiger partial charge in [0.05, 0.1) is 23.1 Å². The summed E-state index contributed by atoms with van der Waals surface area (Å²) in [5.74, 6) is -1.03. The number of alkyl halides is 3. The minimum absolute atomic E-state index is 0. The Kier molecular flexibility index (Phi) is 5.87. The van der Waals surface area contributed by atoms with Crippen molar-refractivity contribution >= 4 is 24.0 Å². The van der Waals surface area contributed by atoms with Gasteiger partial charge in [0, 0.05) is 11.6 Å². The van der Waals surface area contributed by atoms with Gasteiger partial charge in [-0.15, -0.1) is 12.4 Å². The first-order valence-corrected chi connectivity index (χ1v) is 4.83. The summed E-state index contributed by atoms with van der Waals surface area (Å²) in [5, 5.41) is 7.72. The molecule has 0 spiro atoms. The number of hydrogen-bond donors (Lipinski definition) is 1. The molecule has 1 aromatic carbocycles. The van der Waals surface area contributed by atoms with Gasteiger partial charge in [-0.1, -0.05) is 11.6 Å². The summed E-state index contributed by atoms with van der Waals surface area (Å²) in [4.78, 5) is 0. The highest BCUT2D eigenvalue weighted by molar-refractivity contribution is 6.30. The van der Waals surface area contributed by atoms with E-state index in [-0.39, 0.29) is 18.8 Å². The number of nitrogens with two attached hydrogens (primary N) is 1. The summed E-state index contributed by atoms with van der Waals surface area (Å²) in [6.45, 7) is 0. The Hall–Kier alpha value is -1.03. The van der Waals surface area contributed by atoms with Gasteiger partial charge in [-0.3, -0.25) is 0 Å². The lowest BCUT2D eigenvalue weighted by molar-refractivity contribution is -0.137. The molecule has 0 aliphatic rings. The van der Waals surface area contributed by atoms with E-state index in [4.69, 9.17) is 22.6 Å². The van der Waals surface area contributed by atoms with Crippen molar-refractivity contribution in [2.24, 2.45) is 5.73 Å². The molecule has 0 saturated heterocycles. The Morgan fingerprint density at radius 3 is 2.39 bits per heavy atom. The van der Waals surface area contributed by atoms with Gasteiger partial charge in [0.1, 0.15) is 5.82 Å². The maximum Gasteiger partial charge on any atom is 0.416 e. The highest BCUT2D eigenvalue weighted by Gasteiger charge is 2.32. The van der Waals surface area contributed by atoms with Gasteiger partial charge in [0.2, 0.25) is 0 Å². The van der Waals surface area contributed by atoms with Crippen molar-refractivity contribution in [3.05, 3.63) is 34.1 Å². The van der Waals surface area contributed by atoms with Crippen LogP contribution in [0.4, 0.5) is 17.6 Å². The van der Waals surface area contributed by atoms with Crippen molar-refractivity contribution in [3.63, 3.8) is 0 Å². The quantitative estimate of drug-likeness (QED) is 0.844. The first-order chi connectivity index (χ1) is 7.77. The molecule has 0 radical (unpaired) electrons. The summed E-state index contributed by atoms with van der Waals surface area (Å²) >= 11 is 5.36. The third-order valence-corrected chi connectivity index (χ3v) is 2.37. The van der Waals surface area contributed by atoms with Crippen LogP contribution in [-0.4, -0.2) is 0 Å². The second-order valence-corrected chi connectivity index (χ2v) is 3.73. The summed E-state index contributed by atoms with van der Waals surface area (Å²) in [7, 11) is 0. The van der Waals surface area contributed by atoms with E-state index in [1.165, 1.54) is 0 Å². The minimum Gasteiger partial charge on any atom is -0.323 e. The number of benzene rings is 1. The summed E-state index contributed by atoms with van der Waals surface area (Å²) < 4.78 is 50.8. The lowest BCUT2D eigenvalue weighted by Gasteiger charge is -2.14. The zero-order valence-corrected chi connectivity index (χ0v) is 10.3. The molecule has 0 bridgehead atoms. The van der Waals surface area contributed by atoms with Crippen LogP contribution >= 0.6 is 24.0 Å². The fraction of sp³-hybridized carbons (Fsp3) is 0.300. The van der Waals surface area contributed by atoms with Gasteiger partial charge < -0.3 is 5.73 Å². The molecule has 18 heavy (non-hydrogen) atoms. The van der Waals surface area contributed by atoms with Gasteiger partial charge >= 0.3 is 6.18 Å². The fourth-order valence-electron chi connectivity index (χ4n) is 1.25. The molecule has 0 heterocycles. The van der Waals surface area contributed by atoms with E-state index in [1.54, 1.807) is 6.07 Å². The normalized spacial score (nSPS) is 12.5. The first-order valence-electron chi connectivity index (χ1n) is 4.46. The zero-order chi connectivity index (χ0) is 13.2. The van der Waals surface area contributed by atoms with Crippen LogP contribution in [0.5, 0.6) is 0 Å². The molecule has 0 saturated carbocycles. The molecule has 100 valence electrons.